The van der Waals surface area contributed by atoms with Crippen LogP contribution in [0.1, 0.15) is 47.9 Å². The Morgan fingerprint density at radius 1 is 1.19 bits per heavy atom. The molecule has 0 bridgehead atoms. The predicted molar refractivity (Wildman–Crippen MR) is 120 cm³/mol. The van der Waals surface area contributed by atoms with Crippen LogP contribution in [-0.4, -0.2) is 52.4 Å². The summed E-state index contributed by atoms with van der Waals surface area (Å²) >= 11 is 0. The van der Waals surface area contributed by atoms with Gasteiger partial charge in [-0.15, -0.1) is 0 Å². The molecule has 0 saturated heterocycles. The van der Waals surface area contributed by atoms with Gasteiger partial charge >= 0.3 is 5.97 Å². The Balaban J connectivity index is 1.70. The largest absolute Gasteiger partial charge is 0.507 e. The van der Waals surface area contributed by atoms with Crippen molar-refractivity contribution in [3.63, 3.8) is 0 Å². The molecule has 0 aromatic heterocycles. The number of phenolic OH excluding ortho intramolecular Hbond substituents is 1. The van der Waals surface area contributed by atoms with Crippen molar-refractivity contribution in [1.82, 2.24) is 5.32 Å². The summed E-state index contributed by atoms with van der Waals surface area (Å²) in [5.74, 6) is -0.366. The van der Waals surface area contributed by atoms with Crippen molar-refractivity contribution in [1.29, 1.82) is 0 Å². The van der Waals surface area contributed by atoms with Gasteiger partial charge in [-0.2, -0.15) is 0 Å². The number of esters is 1. The van der Waals surface area contributed by atoms with Crippen LogP contribution in [0.2, 0.25) is 0 Å². The number of phenols is 1. The molecule has 0 heterocycles. The Morgan fingerprint density at radius 3 is 2.55 bits per heavy atom. The molecule has 0 aliphatic rings. The van der Waals surface area contributed by atoms with Gasteiger partial charge in [-0.3, -0.25) is 4.21 Å². The Kier molecular flexibility index (Phi) is 10.1. The fraction of sp³-hybridized carbons (Fsp3) is 0.435. The minimum atomic E-state index is -1.33. The van der Waals surface area contributed by atoms with E-state index in [1.807, 2.05) is 19.1 Å². The van der Waals surface area contributed by atoms with E-state index in [2.05, 4.69) is 5.32 Å². The monoisotopic (exact) mass is 449 g/mol. The summed E-state index contributed by atoms with van der Waals surface area (Å²) in [6.45, 7) is 5.45. The number of aliphatic hydroxyl groups excluding tert-OH is 1. The maximum Gasteiger partial charge on any atom is 0.338 e. The second-order valence-corrected chi connectivity index (χ2v) is 8.61. The van der Waals surface area contributed by atoms with Crippen LogP contribution in [0.3, 0.4) is 0 Å². The van der Waals surface area contributed by atoms with Gasteiger partial charge in [0.25, 0.3) is 0 Å². The van der Waals surface area contributed by atoms with E-state index >= 15 is 0 Å². The standard InChI is InChI=1S/C23H31NO6S/c1-4-30-23(27)18-7-5-17(6-8-18)15-29-12-11-16(2)24-14-21(26)19-9-10-20(25)22(13-19)31(3)28/h5-10,13,16,21,24-26H,4,11-12,14-15H2,1-3H3. The molecule has 3 unspecified atom stereocenters. The number of aliphatic hydroxyl groups is 1. The highest BCUT2D eigenvalue weighted by Gasteiger charge is 2.13. The van der Waals surface area contributed by atoms with Gasteiger partial charge in [0, 0.05) is 25.4 Å². The summed E-state index contributed by atoms with van der Waals surface area (Å²) in [5, 5.41) is 23.4. The van der Waals surface area contributed by atoms with E-state index in [0.717, 1.165) is 12.0 Å². The van der Waals surface area contributed by atoms with Crippen molar-refractivity contribution in [2.45, 2.75) is 43.9 Å². The van der Waals surface area contributed by atoms with E-state index < -0.39 is 16.9 Å². The van der Waals surface area contributed by atoms with E-state index in [9.17, 15) is 19.2 Å². The molecule has 0 amide bonds. The van der Waals surface area contributed by atoms with Crippen molar-refractivity contribution < 1.29 is 28.7 Å². The molecule has 2 rings (SSSR count). The topological polar surface area (TPSA) is 105 Å². The zero-order valence-corrected chi connectivity index (χ0v) is 19.0. The summed E-state index contributed by atoms with van der Waals surface area (Å²) < 4.78 is 22.3. The quantitative estimate of drug-likeness (QED) is 0.338. The van der Waals surface area contributed by atoms with Crippen molar-refractivity contribution in [2.24, 2.45) is 0 Å². The van der Waals surface area contributed by atoms with Crippen molar-refractivity contribution in [3.8, 4) is 5.75 Å². The third-order valence-corrected chi connectivity index (χ3v) is 5.71. The fourth-order valence-corrected chi connectivity index (χ4v) is 3.57. The van der Waals surface area contributed by atoms with E-state index in [-0.39, 0.29) is 17.8 Å². The zero-order valence-electron chi connectivity index (χ0n) is 18.2. The number of hydrogen-bond acceptors (Lipinski definition) is 7. The lowest BCUT2D eigenvalue weighted by Crippen LogP contribution is -2.31. The lowest BCUT2D eigenvalue weighted by Gasteiger charge is -2.18. The van der Waals surface area contributed by atoms with Crippen LogP contribution in [0.15, 0.2) is 47.4 Å². The third kappa shape index (κ3) is 8.06. The average Bonchev–Trinajstić information content (AvgIpc) is 2.75. The molecule has 0 fully saturated rings. The minimum absolute atomic E-state index is 0.0363. The maximum atomic E-state index is 11.6. The Morgan fingerprint density at radius 2 is 1.90 bits per heavy atom. The summed E-state index contributed by atoms with van der Waals surface area (Å²) in [4.78, 5) is 12.0. The number of hydrogen-bond donors (Lipinski definition) is 3. The van der Waals surface area contributed by atoms with Crippen LogP contribution in [0.4, 0.5) is 0 Å². The molecular weight excluding hydrogens is 418 g/mol. The Bertz CT molecular complexity index is 871. The number of benzene rings is 2. The van der Waals surface area contributed by atoms with Gasteiger partial charge in [-0.05, 0) is 55.7 Å². The zero-order chi connectivity index (χ0) is 22.8. The van der Waals surface area contributed by atoms with Gasteiger partial charge in [0.15, 0.2) is 0 Å². The number of rotatable bonds is 12. The smallest absolute Gasteiger partial charge is 0.338 e. The van der Waals surface area contributed by atoms with E-state index in [1.165, 1.54) is 12.3 Å². The van der Waals surface area contributed by atoms with Crippen molar-refractivity contribution in [3.05, 3.63) is 59.2 Å². The highest BCUT2D eigenvalue weighted by atomic mass is 32.2. The molecule has 7 nitrogen and oxygen atoms in total. The second-order valence-electron chi connectivity index (χ2n) is 7.27. The highest BCUT2D eigenvalue weighted by molar-refractivity contribution is 7.84. The van der Waals surface area contributed by atoms with Crippen LogP contribution in [0.5, 0.6) is 5.75 Å². The van der Waals surface area contributed by atoms with E-state index in [0.29, 0.717) is 42.4 Å². The molecular formula is C23H31NO6S. The fourth-order valence-electron chi connectivity index (χ4n) is 2.90. The molecule has 8 heteroatoms. The lowest BCUT2D eigenvalue weighted by molar-refractivity contribution is 0.0526. The summed E-state index contributed by atoms with van der Waals surface area (Å²) in [5.41, 5.74) is 2.10. The van der Waals surface area contributed by atoms with Crippen molar-refractivity contribution >= 4 is 16.8 Å². The molecule has 0 spiro atoms. The van der Waals surface area contributed by atoms with Crippen LogP contribution in [-0.2, 0) is 26.9 Å². The first-order valence-electron chi connectivity index (χ1n) is 10.2. The number of carbonyl (C=O) groups excluding carboxylic acids is 1. The molecule has 31 heavy (non-hydrogen) atoms. The van der Waals surface area contributed by atoms with E-state index in [1.54, 1.807) is 31.2 Å². The van der Waals surface area contributed by atoms with Crippen LogP contribution < -0.4 is 5.32 Å². The lowest BCUT2D eigenvalue weighted by atomic mass is 10.1. The van der Waals surface area contributed by atoms with Crippen molar-refractivity contribution in [2.75, 3.05) is 26.0 Å². The second kappa shape index (κ2) is 12.6. The normalized spacial score (nSPS) is 14.1. The average molecular weight is 450 g/mol. The molecule has 0 aliphatic carbocycles. The summed E-state index contributed by atoms with van der Waals surface area (Å²) in [6.07, 6.45) is 1.47. The van der Waals surface area contributed by atoms with Crippen LogP contribution in [0.25, 0.3) is 0 Å². The molecule has 3 N–H and O–H groups in total. The van der Waals surface area contributed by atoms with Gasteiger partial charge in [0.2, 0.25) is 0 Å². The first-order chi connectivity index (χ1) is 14.8. The number of aromatic hydroxyl groups is 1. The molecule has 170 valence electrons. The summed E-state index contributed by atoms with van der Waals surface area (Å²) in [6, 6.07) is 11.9. The van der Waals surface area contributed by atoms with Gasteiger partial charge < -0.3 is 25.0 Å². The summed E-state index contributed by atoms with van der Waals surface area (Å²) in [7, 11) is -1.33. The first-order valence-corrected chi connectivity index (χ1v) is 11.8. The highest BCUT2D eigenvalue weighted by Crippen LogP contribution is 2.24. The van der Waals surface area contributed by atoms with Gasteiger partial charge in [0.1, 0.15) is 5.75 Å². The SMILES string of the molecule is CCOC(=O)c1ccc(COCCC(C)NCC(O)c2ccc(O)c(S(C)=O)c2)cc1. The van der Waals surface area contributed by atoms with Gasteiger partial charge in [0.05, 0.1) is 40.6 Å². The molecule has 2 aromatic rings. The van der Waals surface area contributed by atoms with Gasteiger partial charge in [-0.1, -0.05) is 18.2 Å². The molecule has 2 aromatic carbocycles. The Hall–Kier alpha value is -2.26. The van der Waals surface area contributed by atoms with Crippen LogP contribution in [0, 0.1) is 0 Å². The first kappa shape index (κ1) is 25.0. The predicted octanol–water partition coefficient (Wildman–Crippen LogP) is 2.92. The maximum absolute atomic E-state index is 11.6. The third-order valence-electron chi connectivity index (χ3n) is 4.77. The minimum Gasteiger partial charge on any atom is -0.507 e. The van der Waals surface area contributed by atoms with Crippen LogP contribution >= 0.6 is 0 Å². The van der Waals surface area contributed by atoms with Gasteiger partial charge in [-0.25, -0.2) is 4.79 Å². The molecule has 0 saturated carbocycles. The molecule has 3 atom stereocenters. The Labute approximate surface area is 185 Å². The van der Waals surface area contributed by atoms with E-state index in [4.69, 9.17) is 9.47 Å². The molecule has 0 radical (unpaired) electrons. The number of carbonyl (C=O) groups is 1. The number of nitrogens with one attached hydrogen (secondary N) is 1. The molecule has 0 aliphatic heterocycles. The number of ether oxygens (including phenoxy) is 2.